The van der Waals surface area contributed by atoms with E-state index in [9.17, 15) is 4.79 Å². The van der Waals surface area contributed by atoms with Crippen molar-refractivity contribution in [3.05, 3.63) is 29.8 Å². The minimum atomic E-state index is -0.998. The van der Waals surface area contributed by atoms with Crippen LogP contribution >= 0.6 is 0 Å². The zero-order valence-corrected chi connectivity index (χ0v) is 11.6. The fraction of sp³-hybridized carbons (Fsp3) is 0.500. The number of aliphatic carboxylic acids is 1. The molecule has 0 amide bonds. The van der Waals surface area contributed by atoms with Crippen LogP contribution in [0.4, 0.5) is 0 Å². The number of hydrogen-bond acceptors (Lipinski definition) is 4. The van der Waals surface area contributed by atoms with Crippen molar-refractivity contribution in [1.29, 1.82) is 0 Å². The highest BCUT2D eigenvalue weighted by Gasteiger charge is 2.24. The van der Waals surface area contributed by atoms with Crippen molar-refractivity contribution in [2.45, 2.75) is 25.3 Å². The number of para-hydroxylation sites is 1. The van der Waals surface area contributed by atoms with E-state index >= 15 is 0 Å². The van der Waals surface area contributed by atoms with Gasteiger partial charge < -0.3 is 20.9 Å². The Morgan fingerprint density at radius 3 is 2.68 bits per heavy atom. The maximum absolute atomic E-state index is 10.6. The fourth-order valence-electron chi connectivity index (χ4n) is 1.93. The van der Waals surface area contributed by atoms with Gasteiger partial charge in [0.2, 0.25) is 0 Å². The van der Waals surface area contributed by atoms with Gasteiger partial charge in [0.05, 0.1) is 7.11 Å². The number of hydrogen-bond donors (Lipinski definition) is 3. The van der Waals surface area contributed by atoms with Crippen molar-refractivity contribution in [3.8, 4) is 5.75 Å². The quantitative estimate of drug-likeness (QED) is 0.685. The molecule has 0 aliphatic rings. The molecule has 0 bridgehead atoms. The van der Waals surface area contributed by atoms with Crippen LogP contribution in [0.15, 0.2) is 24.3 Å². The van der Waals surface area contributed by atoms with Crippen LogP contribution in [0.3, 0.4) is 0 Å². The molecule has 0 aliphatic carbocycles. The summed E-state index contributed by atoms with van der Waals surface area (Å²) in [6.07, 6.45) is 0. The lowest BCUT2D eigenvalue weighted by molar-refractivity contribution is -0.138. The van der Waals surface area contributed by atoms with Crippen LogP contribution in [0, 0.1) is 0 Å². The largest absolute Gasteiger partial charge is 0.496 e. The molecule has 1 unspecified atom stereocenters. The predicted molar refractivity (Wildman–Crippen MR) is 74.5 cm³/mol. The first kappa shape index (κ1) is 15.5. The first-order valence-electron chi connectivity index (χ1n) is 6.21. The molecule has 1 atom stereocenters. The van der Waals surface area contributed by atoms with E-state index in [1.807, 2.05) is 24.3 Å². The molecule has 0 aromatic heterocycles. The normalized spacial score (nSPS) is 13.1. The highest BCUT2D eigenvalue weighted by molar-refractivity contribution is 5.73. The number of nitrogens with one attached hydrogen (secondary N) is 1. The second-order valence-corrected chi connectivity index (χ2v) is 5.16. The van der Waals surface area contributed by atoms with Gasteiger partial charge in [-0.1, -0.05) is 32.0 Å². The average Bonchev–Trinajstić information content (AvgIpc) is 2.38. The average molecular weight is 266 g/mol. The third-order valence-corrected chi connectivity index (χ3v) is 3.08. The maximum Gasteiger partial charge on any atom is 0.321 e. The molecule has 5 heteroatoms. The SMILES string of the molecule is COc1ccccc1C(C)(C)CNCC(N)C(=O)O. The van der Waals surface area contributed by atoms with Crippen molar-refractivity contribution in [1.82, 2.24) is 5.32 Å². The summed E-state index contributed by atoms with van der Waals surface area (Å²) >= 11 is 0. The Morgan fingerprint density at radius 1 is 1.47 bits per heavy atom. The number of carboxylic acids is 1. The van der Waals surface area contributed by atoms with E-state index in [-0.39, 0.29) is 12.0 Å². The van der Waals surface area contributed by atoms with Gasteiger partial charge in [-0.3, -0.25) is 4.79 Å². The Labute approximate surface area is 113 Å². The number of carboxylic acid groups (broad SMARTS) is 1. The summed E-state index contributed by atoms with van der Waals surface area (Å²) < 4.78 is 5.35. The van der Waals surface area contributed by atoms with Gasteiger partial charge in [0.1, 0.15) is 11.8 Å². The smallest absolute Gasteiger partial charge is 0.321 e. The molecule has 1 aromatic carbocycles. The lowest BCUT2D eigenvalue weighted by Crippen LogP contribution is -2.44. The number of methoxy groups -OCH3 is 1. The standard InChI is InChI=1S/C14H22N2O3/c1-14(2,9-16-8-11(15)13(17)18)10-6-4-5-7-12(10)19-3/h4-7,11,16H,8-9,15H2,1-3H3,(H,17,18). The highest BCUT2D eigenvalue weighted by atomic mass is 16.5. The van der Waals surface area contributed by atoms with E-state index in [0.717, 1.165) is 11.3 Å². The molecule has 1 rings (SSSR count). The van der Waals surface area contributed by atoms with Crippen molar-refractivity contribution in [3.63, 3.8) is 0 Å². The fourth-order valence-corrected chi connectivity index (χ4v) is 1.93. The summed E-state index contributed by atoms with van der Waals surface area (Å²) in [7, 11) is 1.64. The van der Waals surface area contributed by atoms with Gasteiger partial charge in [-0.05, 0) is 6.07 Å². The molecule has 4 N–H and O–H groups in total. The van der Waals surface area contributed by atoms with Crippen LogP contribution < -0.4 is 15.8 Å². The van der Waals surface area contributed by atoms with Crippen LogP contribution in [-0.4, -0.2) is 37.3 Å². The Balaban J connectivity index is 2.67. The lowest BCUT2D eigenvalue weighted by atomic mass is 9.84. The van der Waals surface area contributed by atoms with E-state index < -0.39 is 12.0 Å². The molecule has 0 spiro atoms. The number of rotatable bonds is 7. The summed E-state index contributed by atoms with van der Waals surface area (Å²) in [5.74, 6) is -0.167. The van der Waals surface area contributed by atoms with Gasteiger partial charge in [0.25, 0.3) is 0 Å². The summed E-state index contributed by atoms with van der Waals surface area (Å²) in [5.41, 5.74) is 6.36. The summed E-state index contributed by atoms with van der Waals surface area (Å²) in [5, 5.41) is 11.8. The summed E-state index contributed by atoms with van der Waals surface area (Å²) in [4.78, 5) is 10.6. The topological polar surface area (TPSA) is 84.6 Å². The molecule has 19 heavy (non-hydrogen) atoms. The van der Waals surface area contributed by atoms with Crippen LogP contribution in [-0.2, 0) is 10.2 Å². The van der Waals surface area contributed by atoms with Crippen LogP contribution in [0.25, 0.3) is 0 Å². The Hall–Kier alpha value is -1.59. The maximum atomic E-state index is 10.6. The van der Waals surface area contributed by atoms with Gasteiger partial charge in [-0.2, -0.15) is 0 Å². The molecule has 106 valence electrons. The third kappa shape index (κ3) is 4.22. The second-order valence-electron chi connectivity index (χ2n) is 5.16. The predicted octanol–water partition coefficient (Wildman–Crippen LogP) is 0.974. The molecule has 0 fully saturated rings. The number of carbonyl (C=O) groups is 1. The van der Waals surface area contributed by atoms with Gasteiger partial charge in [-0.15, -0.1) is 0 Å². The number of nitrogens with two attached hydrogens (primary N) is 1. The Morgan fingerprint density at radius 2 is 2.11 bits per heavy atom. The molecule has 5 nitrogen and oxygen atoms in total. The number of benzene rings is 1. The van der Waals surface area contributed by atoms with E-state index in [0.29, 0.717) is 6.54 Å². The van der Waals surface area contributed by atoms with Crippen molar-refractivity contribution in [2.75, 3.05) is 20.2 Å². The number of ether oxygens (including phenoxy) is 1. The second kappa shape index (κ2) is 6.54. The Kier molecular flexibility index (Phi) is 5.32. The molecule has 1 aromatic rings. The summed E-state index contributed by atoms with van der Waals surface area (Å²) in [6, 6.07) is 6.93. The van der Waals surface area contributed by atoms with Crippen molar-refractivity contribution < 1.29 is 14.6 Å². The van der Waals surface area contributed by atoms with E-state index in [2.05, 4.69) is 19.2 Å². The summed E-state index contributed by atoms with van der Waals surface area (Å²) in [6.45, 7) is 5.01. The molecule has 0 heterocycles. The Bertz CT molecular complexity index is 432. The molecular formula is C14H22N2O3. The van der Waals surface area contributed by atoms with Gasteiger partial charge >= 0.3 is 5.97 Å². The van der Waals surface area contributed by atoms with Crippen molar-refractivity contribution >= 4 is 5.97 Å². The van der Waals surface area contributed by atoms with Crippen LogP contribution in [0.5, 0.6) is 5.75 Å². The van der Waals surface area contributed by atoms with Gasteiger partial charge in [0, 0.05) is 24.1 Å². The first-order chi connectivity index (χ1) is 8.88. The lowest BCUT2D eigenvalue weighted by Gasteiger charge is -2.27. The van der Waals surface area contributed by atoms with Crippen molar-refractivity contribution in [2.24, 2.45) is 5.73 Å². The zero-order valence-electron chi connectivity index (χ0n) is 11.6. The van der Waals surface area contributed by atoms with E-state index in [1.54, 1.807) is 7.11 Å². The third-order valence-electron chi connectivity index (χ3n) is 3.08. The van der Waals surface area contributed by atoms with Crippen LogP contribution in [0.2, 0.25) is 0 Å². The molecule has 0 aliphatic heterocycles. The van der Waals surface area contributed by atoms with E-state index in [1.165, 1.54) is 0 Å². The molecule has 0 radical (unpaired) electrons. The van der Waals surface area contributed by atoms with E-state index in [4.69, 9.17) is 15.6 Å². The first-order valence-corrected chi connectivity index (χ1v) is 6.21. The van der Waals surface area contributed by atoms with Gasteiger partial charge in [-0.25, -0.2) is 0 Å². The van der Waals surface area contributed by atoms with Gasteiger partial charge in [0.15, 0.2) is 0 Å². The molecule has 0 saturated carbocycles. The zero-order chi connectivity index (χ0) is 14.5. The highest BCUT2D eigenvalue weighted by Crippen LogP contribution is 2.30. The minimum absolute atomic E-state index is 0.176. The molecular weight excluding hydrogens is 244 g/mol. The van der Waals surface area contributed by atoms with Crippen LogP contribution in [0.1, 0.15) is 19.4 Å². The minimum Gasteiger partial charge on any atom is -0.496 e. The molecule has 0 saturated heterocycles. The monoisotopic (exact) mass is 266 g/mol.